The second-order valence-corrected chi connectivity index (χ2v) is 2.57. The summed E-state index contributed by atoms with van der Waals surface area (Å²) in [6.07, 6.45) is 0. The molecule has 0 aromatic rings. The average molecular weight is 126 g/mol. The van der Waals surface area contributed by atoms with E-state index >= 15 is 0 Å². The number of rotatable bonds is 2. The smallest absolute Gasteiger partial charge is 0.165 e. The van der Waals surface area contributed by atoms with Gasteiger partial charge in [0.05, 0.1) is 12.2 Å². The first-order valence-electron chi connectivity index (χ1n) is 1.35. The zero-order valence-corrected chi connectivity index (χ0v) is 5.09. The van der Waals surface area contributed by atoms with Crippen molar-refractivity contribution in [1.82, 2.24) is 0 Å². The fraction of sp³-hybridized carbons (Fsp3) is 1.00. The number of hydrogen-bond acceptors (Lipinski definition) is 3. The minimum Gasteiger partial charge on any atom is -0.293 e. The van der Waals surface area contributed by atoms with Crippen molar-refractivity contribution in [3.8, 4) is 0 Å². The van der Waals surface area contributed by atoms with Crippen LogP contribution in [0.5, 0.6) is 0 Å². The average Bonchev–Trinajstić information content (AvgIpc) is 1.65. The zero-order chi connectivity index (χ0) is 4.99. The van der Waals surface area contributed by atoms with Gasteiger partial charge in [0.25, 0.3) is 0 Å². The van der Waals surface area contributed by atoms with Gasteiger partial charge < -0.3 is 0 Å². The van der Waals surface area contributed by atoms with Gasteiger partial charge in [-0.15, -0.1) is 0 Å². The normalized spacial score (nSPS) is 14.3. The van der Waals surface area contributed by atoms with Gasteiger partial charge >= 0.3 is 0 Å². The molecule has 0 aliphatic carbocycles. The fourth-order valence-electron chi connectivity index (χ4n) is 0.0527. The Morgan fingerprint density at radius 3 is 2.50 bits per heavy atom. The highest BCUT2D eigenvalue weighted by atomic mass is 32.2. The number of thiol groups is 1. The summed E-state index contributed by atoms with van der Waals surface area (Å²) in [4.78, 5) is 0. The fourth-order valence-corrected chi connectivity index (χ4v) is 0.474. The highest BCUT2D eigenvalue weighted by Crippen LogP contribution is 1.82. The highest BCUT2D eigenvalue weighted by Gasteiger charge is 1.84. The van der Waals surface area contributed by atoms with Crippen molar-refractivity contribution in [2.75, 3.05) is 12.2 Å². The third kappa shape index (κ3) is 2.68. The van der Waals surface area contributed by atoms with E-state index < -0.39 is 11.1 Å². The first-order valence-corrected chi connectivity index (χ1v) is 3.22. The van der Waals surface area contributed by atoms with E-state index in [1.54, 1.807) is 0 Å². The van der Waals surface area contributed by atoms with Gasteiger partial charge in [-0.3, -0.25) is 4.18 Å². The topological polar surface area (TPSA) is 26.3 Å². The Bertz CT molecular complexity index is 47.5. The summed E-state index contributed by atoms with van der Waals surface area (Å²) in [6, 6.07) is 0. The second kappa shape index (κ2) is 3.64. The molecule has 1 atom stereocenters. The van der Waals surface area contributed by atoms with E-state index in [9.17, 15) is 4.21 Å². The lowest BCUT2D eigenvalue weighted by Gasteiger charge is -1.85. The summed E-state index contributed by atoms with van der Waals surface area (Å²) in [7, 11) is 1.38. The Morgan fingerprint density at radius 1 is 2.00 bits per heavy atom. The van der Waals surface area contributed by atoms with E-state index in [-0.39, 0.29) is 5.08 Å². The molecule has 0 amide bonds. The molecular formula is C2H6O2S2. The van der Waals surface area contributed by atoms with Crippen molar-refractivity contribution in [3.05, 3.63) is 0 Å². The van der Waals surface area contributed by atoms with Crippen molar-refractivity contribution >= 4 is 23.7 Å². The van der Waals surface area contributed by atoms with Crippen LogP contribution in [0.15, 0.2) is 0 Å². The predicted octanol–water partition coefficient (Wildman–Crippen LogP) is 0.184. The number of hydrogen-bond donors (Lipinski definition) is 1. The van der Waals surface area contributed by atoms with Gasteiger partial charge in [0.15, 0.2) is 11.1 Å². The maximum Gasteiger partial charge on any atom is 0.165 e. The van der Waals surface area contributed by atoms with Crippen LogP contribution in [0, 0.1) is 0 Å². The summed E-state index contributed by atoms with van der Waals surface area (Å²) in [5.41, 5.74) is 0. The van der Waals surface area contributed by atoms with Crippen molar-refractivity contribution in [2.45, 2.75) is 0 Å². The van der Waals surface area contributed by atoms with E-state index in [2.05, 4.69) is 16.8 Å². The molecule has 0 bridgehead atoms. The van der Waals surface area contributed by atoms with Crippen LogP contribution in [-0.4, -0.2) is 16.4 Å². The molecule has 0 aromatic carbocycles. The van der Waals surface area contributed by atoms with Crippen LogP contribution in [-0.2, 0) is 15.3 Å². The van der Waals surface area contributed by atoms with E-state index in [1.807, 2.05) is 0 Å². The molecular weight excluding hydrogens is 120 g/mol. The molecule has 6 heavy (non-hydrogen) atoms. The summed E-state index contributed by atoms with van der Waals surface area (Å²) >= 11 is 2.50. The Labute approximate surface area is 45.0 Å². The monoisotopic (exact) mass is 126 g/mol. The Morgan fingerprint density at radius 2 is 2.50 bits per heavy atom. The molecule has 0 aliphatic rings. The minimum absolute atomic E-state index is 0.274. The molecule has 0 radical (unpaired) electrons. The van der Waals surface area contributed by atoms with Gasteiger partial charge in [-0.1, -0.05) is 0 Å². The Kier molecular flexibility index (Phi) is 3.92. The van der Waals surface area contributed by atoms with Crippen molar-refractivity contribution in [3.63, 3.8) is 0 Å². The molecule has 0 heterocycles. The molecule has 38 valence electrons. The predicted molar refractivity (Wildman–Crippen MR) is 29.0 cm³/mol. The Hall–Kier alpha value is 0.460. The first-order chi connectivity index (χ1) is 2.81. The van der Waals surface area contributed by atoms with Gasteiger partial charge in [-0.25, -0.2) is 4.21 Å². The summed E-state index contributed by atoms with van der Waals surface area (Å²) < 4.78 is 14.3. The molecule has 0 spiro atoms. The van der Waals surface area contributed by atoms with Gasteiger partial charge in [0.2, 0.25) is 0 Å². The highest BCUT2D eigenvalue weighted by molar-refractivity contribution is 7.97. The van der Waals surface area contributed by atoms with Crippen LogP contribution in [0.1, 0.15) is 0 Å². The maximum atomic E-state index is 9.99. The van der Waals surface area contributed by atoms with E-state index in [4.69, 9.17) is 0 Å². The molecule has 1 unspecified atom stereocenters. The molecule has 0 aliphatic heterocycles. The second-order valence-electron chi connectivity index (χ2n) is 0.600. The van der Waals surface area contributed by atoms with Crippen molar-refractivity contribution in [1.29, 1.82) is 0 Å². The van der Waals surface area contributed by atoms with E-state index in [0.29, 0.717) is 0 Å². The molecule has 0 saturated carbocycles. The van der Waals surface area contributed by atoms with Gasteiger partial charge in [0, 0.05) is 0 Å². The Balaban J connectivity index is 2.99. The molecule has 0 saturated heterocycles. The lowest BCUT2D eigenvalue weighted by molar-refractivity contribution is 0.449. The lowest BCUT2D eigenvalue weighted by Crippen LogP contribution is -1.90. The summed E-state index contributed by atoms with van der Waals surface area (Å²) in [6.45, 7) is 0. The lowest BCUT2D eigenvalue weighted by atomic mass is 11.8. The first kappa shape index (κ1) is 6.46. The van der Waals surface area contributed by atoms with Gasteiger partial charge in [-0.05, 0) is 0 Å². The van der Waals surface area contributed by atoms with Crippen LogP contribution < -0.4 is 0 Å². The van der Waals surface area contributed by atoms with E-state index in [0.717, 1.165) is 0 Å². The molecule has 2 nitrogen and oxygen atoms in total. The van der Waals surface area contributed by atoms with Crippen LogP contribution in [0.2, 0.25) is 0 Å². The third-order valence-electron chi connectivity index (χ3n) is 0.291. The van der Waals surface area contributed by atoms with Crippen LogP contribution in [0.3, 0.4) is 0 Å². The SMILES string of the molecule is COS(=O)CS. The molecule has 4 heteroatoms. The third-order valence-corrected chi connectivity index (χ3v) is 1.51. The summed E-state index contributed by atoms with van der Waals surface area (Å²) in [5, 5.41) is 0.274. The van der Waals surface area contributed by atoms with Crippen molar-refractivity contribution in [2.24, 2.45) is 0 Å². The van der Waals surface area contributed by atoms with Gasteiger partial charge in [0.1, 0.15) is 0 Å². The minimum atomic E-state index is -1.17. The molecule has 0 aromatic heterocycles. The zero-order valence-electron chi connectivity index (χ0n) is 3.38. The van der Waals surface area contributed by atoms with Crippen LogP contribution >= 0.6 is 12.6 Å². The standard InChI is InChI=1S/C2H6O2S2/c1-4-6(3)2-5/h5H,2H2,1H3. The van der Waals surface area contributed by atoms with E-state index in [1.165, 1.54) is 7.11 Å². The largest absolute Gasteiger partial charge is 0.293 e. The van der Waals surface area contributed by atoms with Crippen LogP contribution in [0.4, 0.5) is 0 Å². The molecule has 0 rings (SSSR count). The summed E-state index contributed by atoms with van der Waals surface area (Å²) in [5.74, 6) is 0. The van der Waals surface area contributed by atoms with Gasteiger partial charge in [-0.2, -0.15) is 12.6 Å². The quantitative estimate of drug-likeness (QED) is 0.534. The molecule has 0 N–H and O–H groups in total. The molecule has 0 fully saturated rings. The van der Waals surface area contributed by atoms with Crippen molar-refractivity contribution < 1.29 is 8.39 Å². The van der Waals surface area contributed by atoms with Crippen LogP contribution in [0.25, 0.3) is 0 Å². The maximum absolute atomic E-state index is 9.99.